The molecule has 1 N–H and O–H groups in total. The Balaban J connectivity index is 1.39. The summed E-state index contributed by atoms with van der Waals surface area (Å²) in [6.45, 7) is 2.60. The van der Waals surface area contributed by atoms with Crippen molar-refractivity contribution >= 4 is 38.1 Å². The highest BCUT2D eigenvalue weighted by molar-refractivity contribution is 7.92. The quantitative estimate of drug-likeness (QED) is 0.469. The van der Waals surface area contributed by atoms with Gasteiger partial charge in [0.2, 0.25) is 0 Å². The van der Waals surface area contributed by atoms with Crippen LogP contribution in [-0.2, 0) is 14.8 Å². The Morgan fingerprint density at radius 1 is 1.03 bits per heavy atom. The number of hydrogen-bond donors (Lipinski definition) is 1. The van der Waals surface area contributed by atoms with Gasteiger partial charge in [-0.3, -0.25) is 14.1 Å². The van der Waals surface area contributed by atoms with Crippen molar-refractivity contribution in [2.24, 2.45) is 0 Å². The molecule has 0 bridgehead atoms. The van der Waals surface area contributed by atoms with Gasteiger partial charge in [-0.1, -0.05) is 30.3 Å². The zero-order valence-electron chi connectivity index (χ0n) is 18.6. The third-order valence-corrected chi connectivity index (χ3v) is 7.38. The topological polar surface area (TPSA) is 88.6 Å². The Hall–Kier alpha value is -3.75. The summed E-state index contributed by atoms with van der Waals surface area (Å²) in [5.74, 6) is -0.617. The van der Waals surface area contributed by atoms with Crippen molar-refractivity contribution in [2.45, 2.75) is 6.92 Å². The van der Waals surface area contributed by atoms with E-state index in [9.17, 15) is 13.2 Å². The Kier molecular flexibility index (Phi) is 5.77. The van der Waals surface area contributed by atoms with Gasteiger partial charge in [0, 0.05) is 28.4 Å². The lowest BCUT2D eigenvalue weighted by atomic mass is 9.99. The molecule has 8 heteroatoms. The summed E-state index contributed by atoms with van der Waals surface area (Å²) in [6.07, 6.45) is 1.79. The highest BCUT2D eigenvalue weighted by Crippen LogP contribution is 2.31. The van der Waals surface area contributed by atoms with Crippen molar-refractivity contribution in [1.29, 1.82) is 0 Å². The van der Waals surface area contributed by atoms with E-state index in [1.165, 1.54) is 4.31 Å². The summed E-state index contributed by atoms with van der Waals surface area (Å²) in [6, 6.07) is 22.3. The first-order valence-corrected chi connectivity index (χ1v) is 12.5. The molecule has 0 aliphatic carbocycles. The van der Waals surface area contributed by atoms with Crippen LogP contribution < -0.4 is 9.62 Å². The summed E-state index contributed by atoms with van der Waals surface area (Å²) < 4.78 is 30.8. The van der Waals surface area contributed by atoms with E-state index in [1.807, 2.05) is 55.5 Å². The molecule has 1 amide bonds. The highest BCUT2D eigenvalue weighted by Gasteiger charge is 2.26. The molecule has 1 aliphatic rings. The average Bonchev–Trinajstić information content (AvgIpc) is 2.85. The maximum atomic E-state index is 12.9. The Bertz CT molecular complexity index is 1480. The predicted molar refractivity (Wildman–Crippen MR) is 133 cm³/mol. The standard InChI is InChI=1S/C26H23N3O4S/c1-18-6-9-21(16-24(18)25-23-5-3-2-4-19(23)12-13-27-25)28-26(30)20-7-10-22(11-8-20)29-14-15-33-17-34(29,31)32/h2-13,16H,14-15,17H2,1H3,(H,28,30). The van der Waals surface area contributed by atoms with E-state index in [0.717, 1.165) is 27.6 Å². The lowest BCUT2D eigenvalue weighted by Gasteiger charge is -2.28. The van der Waals surface area contributed by atoms with Crippen LogP contribution in [0.3, 0.4) is 0 Å². The first-order valence-electron chi connectivity index (χ1n) is 10.9. The molecule has 0 spiro atoms. The molecule has 0 unspecified atom stereocenters. The molecule has 1 aromatic heterocycles. The van der Waals surface area contributed by atoms with Crippen LogP contribution in [0.1, 0.15) is 15.9 Å². The molecule has 34 heavy (non-hydrogen) atoms. The van der Waals surface area contributed by atoms with Gasteiger partial charge in [-0.05, 0) is 60.3 Å². The average molecular weight is 474 g/mol. The summed E-state index contributed by atoms with van der Waals surface area (Å²) in [5, 5.41) is 5.09. The van der Waals surface area contributed by atoms with Gasteiger partial charge in [-0.2, -0.15) is 0 Å². The number of hydrogen-bond acceptors (Lipinski definition) is 5. The van der Waals surface area contributed by atoms with Gasteiger partial charge in [-0.15, -0.1) is 0 Å². The highest BCUT2D eigenvalue weighted by atomic mass is 32.2. The monoisotopic (exact) mass is 473 g/mol. The van der Waals surface area contributed by atoms with Gasteiger partial charge < -0.3 is 10.1 Å². The first kappa shape index (κ1) is 22.1. The van der Waals surface area contributed by atoms with Crippen LogP contribution in [0.4, 0.5) is 11.4 Å². The van der Waals surface area contributed by atoms with Crippen LogP contribution in [0.15, 0.2) is 79.0 Å². The Morgan fingerprint density at radius 3 is 2.62 bits per heavy atom. The molecular formula is C26H23N3O4S. The van der Waals surface area contributed by atoms with Crippen molar-refractivity contribution in [3.05, 3.63) is 90.1 Å². The number of fused-ring (bicyclic) bond motifs is 1. The van der Waals surface area contributed by atoms with Crippen LogP contribution >= 0.6 is 0 Å². The van der Waals surface area contributed by atoms with Crippen molar-refractivity contribution < 1.29 is 17.9 Å². The second kappa shape index (κ2) is 8.89. The normalized spacial score (nSPS) is 15.3. The molecule has 1 aliphatic heterocycles. The van der Waals surface area contributed by atoms with Gasteiger partial charge in [0.1, 0.15) is 0 Å². The number of carbonyl (C=O) groups excluding carboxylic acids is 1. The maximum absolute atomic E-state index is 12.9. The van der Waals surface area contributed by atoms with E-state index in [-0.39, 0.29) is 18.4 Å². The fourth-order valence-electron chi connectivity index (χ4n) is 4.08. The molecule has 5 rings (SSSR count). The number of benzene rings is 3. The number of nitrogens with zero attached hydrogens (tertiary/aromatic N) is 2. The molecule has 1 fully saturated rings. The smallest absolute Gasteiger partial charge is 0.259 e. The minimum absolute atomic E-state index is 0.252. The molecule has 1 saturated heterocycles. The molecule has 0 radical (unpaired) electrons. The minimum Gasteiger partial charge on any atom is -0.362 e. The van der Waals surface area contributed by atoms with E-state index < -0.39 is 10.0 Å². The lowest BCUT2D eigenvalue weighted by Crippen LogP contribution is -2.41. The second-order valence-electron chi connectivity index (χ2n) is 8.12. The second-order valence-corrected chi connectivity index (χ2v) is 9.96. The molecule has 7 nitrogen and oxygen atoms in total. The molecule has 172 valence electrons. The van der Waals surface area contributed by atoms with Gasteiger partial charge in [0.05, 0.1) is 24.5 Å². The molecular weight excluding hydrogens is 450 g/mol. The van der Waals surface area contributed by atoms with Crippen LogP contribution in [0, 0.1) is 6.92 Å². The number of rotatable bonds is 4. The zero-order chi connectivity index (χ0) is 23.7. The van der Waals surface area contributed by atoms with Crippen molar-refractivity contribution in [3.63, 3.8) is 0 Å². The minimum atomic E-state index is -3.50. The van der Waals surface area contributed by atoms with Crippen LogP contribution in [0.25, 0.3) is 22.0 Å². The summed E-state index contributed by atoms with van der Waals surface area (Å²) in [4.78, 5) is 17.5. The molecule has 0 atom stereocenters. The Morgan fingerprint density at radius 2 is 1.82 bits per heavy atom. The fraction of sp³-hybridized carbons (Fsp3) is 0.154. The largest absolute Gasteiger partial charge is 0.362 e. The number of sulfonamides is 1. The number of carbonyl (C=O) groups is 1. The molecule has 2 heterocycles. The van der Waals surface area contributed by atoms with Crippen LogP contribution in [-0.4, -0.2) is 38.4 Å². The first-order chi connectivity index (χ1) is 16.4. The van der Waals surface area contributed by atoms with Crippen molar-refractivity contribution in [2.75, 3.05) is 28.7 Å². The summed E-state index contributed by atoms with van der Waals surface area (Å²) >= 11 is 0. The number of anilines is 2. The van der Waals surface area contributed by atoms with E-state index in [2.05, 4.69) is 10.3 Å². The number of ether oxygens (including phenoxy) is 1. The number of amides is 1. The van der Waals surface area contributed by atoms with Gasteiger partial charge in [0.25, 0.3) is 15.9 Å². The fourth-order valence-corrected chi connectivity index (χ4v) is 5.33. The number of nitrogens with one attached hydrogen (secondary N) is 1. The molecule has 4 aromatic rings. The molecule has 3 aromatic carbocycles. The van der Waals surface area contributed by atoms with E-state index in [4.69, 9.17) is 4.74 Å². The molecule has 0 saturated carbocycles. The van der Waals surface area contributed by atoms with Gasteiger partial charge >= 0.3 is 0 Å². The van der Waals surface area contributed by atoms with E-state index in [1.54, 1.807) is 30.5 Å². The summed E-state index contributed by atoms with van der Waals surface area (Å²) in [5.41, 5.74) is 4.46. The van der Waals surface area contributed by atoms with E-state index >= 15 is 0 Å². The van der Waals surface area contributed by atoms with Crippen molar-refractivity contribution in [1.82, 2.24) is 4.98 Å². The van der Waals surface area contributed by atoms with Gasteiger partial charge in [-0.25, -0.2) is 8.42 Å². The zero-order valence-corrected chi connectivity index (χ0v) is 19.4. The van der Waals surface area contributed by atoms with Gasteiger partial charge in [0.15, 0.2) is 5.94 Å². The summed E-state index contributed by atoms with van der Waals surface area (Å²) in [7, 11) is -3.50. The van der Waals surface area contributed by atoms with Crippen LogP contribution in [0.2, 0.25) is 0 Å². The Labute approximate surface area is 198 Å². The van der Waals surface area contributed by atoms with Crippen molar-refractivity contribution in [3.8, 4) is 11.3 Å². The number of pyridine rings is 1. The maximum Gasteiger partial charge on any atom is 0.259 e. The number of aryl methyl sites for hydroxylation is 1. The van der Waals surface area contributed by atoms with Crippen LogP contribution in [0.5, 0.6) is 0 Å². The third-order valence-electron chi connectivity index (χ3n) is 5.85. The third kappa shape index (κ3) is 4.25. The SMILES string of the molecule is Cc1ccc(NC(=O)c2ccc(N3CCOCS3(=O)=O)cc2)cc1-c1nccc2ccccc12. The number of aromatic nitrogens is 1. The van der Waals surface area contributed by atoms with E-state index in [0.29, 0.717) is 23.5 Å². The lowest BCUT2D eigenvalue weighted by molar-refractivity contribution is 0.102. The predicted octanol–water partition coefficient (Wildman–Crippen LogP) is 4.59.